The van der Waals surface area contributed by atoms with Crippen LogP contribution in [0.2, 0.25) is 0 Å². The second-order valence-corrected chi connectivity index (χ2v) is 6.64. The van der Waals surface area contributed by atoms with Crippen LogP contribution in [-0.2, 0) is 13.0 Å². The highest BCUT2D eigenvalue weighted by atomic mass is 79.9. The van der Waals surface area contributed by atoms with Gasteiger partial charge in [0.2, 0.25) is 0 Å². The summed E-state index contributed by atoms with van der Waals surface area (Å²) in [7, 11) is 0. The van der Waals surface area contributed by atoms with Crippen LogP contribution in [0, 0.1) is 0 Å². The van der Waals surface area contributed by atoms with Crippen LogP contribution in [0.4, 0.5) is 0 Å². The summed E-state index contributed by atoms with van der Waals surface area (Å²) < 4.78 is 1.13. The Morgan fingerprint density at radius 1 is 1.26 bits per heavy atom. The topological polar surface area (TPSA) is 49.3 Å². The first-order valence-electron chi connectivity index (χ1n) is 5.93. The van der Waals surface area contributed by atoms with Gasteiger partial charge < -0.3 is 10.4 Å². The summed E-state index contributed by atoms with van der Waals surface area (Å²) in [5.74, 6) is -0.863. The maximum Gasteiger partial charge on any atom is 0.335 e. The number of nitrogens with one attached hydrogen (secondary N) is 1. The SMILES string of the molecule is O=C(O)c1ccccc1CCNCc1ccc(Br)s1. The van der Waals surface area contributed by atoms with Crippen molar-refractivity contribution in [1.82, 2.24) is 5.32 Å². The summed E-state index contributed by atoms with van der Waals surface area (Å²) in [6.45, 7) is 1.57. The average molecular weight is 340 g/mol. The van der Waals surface area contributed by atoms with Crippen molar-refractivity contribution in [1.29, 1.82) is 0 Å². The van der Waals surface area contributed by atoms with Crippen LogP contribution in [0.25, 0.3) is 0 Å². The van der Waals surface area contributed by atoms with Crippen LogP contribution in [-0.4, -0.2) is 17.6 Å². The highest BCUT2D eigenvalue weighted by Crippen LogP contribution is 2.21. The normalized spacial score (nSPS) is 10.6. The smallest absolute Gasteiger partial charge is 0.335 e. The van der Waals surface area contributed by atoms with Crippen LogP contribution >= 0.6 is 27.3 Å². The highest BCUT2D eigenvalue weighted by Gasteiger charge is 2.08. The first-order chi connectivity index (χ1) is 9.16. The molecule has 0 aliphatic carbocycles. The molecule has 0 fully saturated rings. The monoisotopic (exact) mass is 339 g/mol. The second kappa shape index (κ2) is 6.84. The summed E-state index contributed by atoms with van der Waals surface area (Å²) in [5, 5.41) is 12.4. The Balaban J connectivity index is 1.84. The molecule has 0 radical (unpaired) electrons. The van der Waals surface area contributed by atoms with E-state index in [1.54, 1.807) is 23.5 Å². The zero-order valence-corrected chi connectivity index (χ0v) is 12.6. The minimum Gasteiger partial charge on any atom is -0.478 e. The van der Waals surface area contributed by atoms with E-state index in [1.807, 2.05) is 18.2 Å². The Bertz CT molecular complexity index is 568. The van der Waals surface area contributed by atoms with Crippen molar-refractivity contribution >= 4 is 33.2 Å². The van der Waals surface area contributed by atoms with Gasteiger partial charge >= 0.3 is 5.97 Å². The van der Waals surface area contributed by atoms with E-state index in [2.05, 4.69) is 27.3 Å². The molecule has 19 heavy (non-hydrogen) atoms. The number of benzene rings is 1. The molecule has 5 heteroatoms. The number of aromatic carboxylic acids is 1. The van der Waals surface area contributed by atoms with Crippen molar-refractivity contribution in [2.75, 3.05) is 6.54 Å². The van der Waals surface area contributed by atoms with Gasteiger partial charge in [0.05, 0.1) is 9.35 Å². The number of carboxylic acids is 1. The number of halogens is 1. The quantitative estimate of drug-likeness (QED) is 0.791. The lowest BCUT2D eigenvalue weighted by Crippen LogP contribution is -2.17. The fourth-order valence-corrected chi connectivity index (χ4v) is 3.28. The maximum atomic E-state index is 11.1. The fraction of sp³-hybridized carbons (Fsp3) is 0.214. The summed E-state index contributed by atoms with van der Waals surface area (Å²) in [6.07, 6.45) is 0.717. The molecular formula is C14H14BrNO2S. The molecule has 0 unspecified atom stereocenters. The number of thiophene rings is 1. The molecule has 0 amide bonds. The van der Waals surface area contributed by atoms with E-state index in [0.717, 1.165) is 28.9 Å². The van der Waals surface area contributed by atoms with E-state index in [1.165, 1.54) is 4.88 Å². The molecule has 0 saturated heterocycles. The summed E-state index contributed by atoms with van der Waals surface area (Å²) in [4.78, 5) is 12.3. The largest absolute Gasteiger partial charge is 0.478 e. The molecule has 100 valence electrons. The van der Waals surface area contributed by atoms with Gasteiger partial charge in [0.1, 0.15) is 0 Å². The van der Waals surface area contributed by atoms with Crippen LogP contribution in [0.5, 0.6) is 0 Å². The Labute approximate surface area is 124 Å². The van der Waals surface area contributed by atoms with Crippen molar-refractivity contribution in [3.63, 3.8) is 0 Å². The van der Waals surface area contributed by atoms with E-state index >= 15 is 0 Å². The molecule has 3 nitrogen and oxygen atoms in total. The highest BCUT2D eigenvalue weighted by molar-refractivity contribution is 9.11. The van der Waals surface area contributed by atoms with Gasteiger partial charge in [0, 0.05) is 11.4 Å². The summed E-state index contributed by atoms with van der Waals surface area (Å²) >= 11 is 5.13. The minimum absolute atomic E-state index is 0.392. The van der Waals surface area contributed by atoms with Crippen LogP contribution in [0.3, 0.4) is 0 Å². The molecule has 1 aromatic carbocycles. The molecule has 0 bridgehead atoms. The van der Waals surface area contributed by atoms with Gasteiger partial charge in [-0.2, -0.15) is 0 Å². The third-order valence-electron chi connectivity index (χ3n) is 2.75. The van der Waals surface area contributed by atoms with Gasteiger partial charge in [-0.25, -0.2) is 4.79 Å². The molecule has 0 spiro atoms. The van der Waals surface area contributed by atoms with Gasteiger partial charge in [-0.15, -0.1) is 11.3 Å². The summed E-state index contributed by atoms with van der Waals surface area (Å²) in [5.41, 5.74) is 1.26. The zero-order chi connectivity index (χ0) is 13.7. The molecule has 1 aromatic heterocycles. The van der Waals surface area contributed by atoms with Gasteiger partial charge in [-0.1, -0.05) is 18.2 Å². The number of carboxylic acid groups (broad SMARTS) is 1. The lowest BCUT2D eigenvalue weighted by Gasteiger charge is -2.06. The van der Waals surface area contributed by atoms with Crippen molar-refractivity contribution in [3.05, 3.63) is 56.2 Å². The Morgan fingerprint density at radius 3 is 2.74 bits per heavy atom. The third kappa shape index (κ3) is 4.16. The standard InChI is InChI=1S/C14H14BrNO2S/c15-13-6-5-11(19-13)9-16-8-7-10-3-1-2-4-12(10)14(17)18/h1-6,16H,7-9H2,(H,17,18). The van der Waals surface area contributed by atoms with Gasteiger partial charge in [0.25, 0.3) is 0 Å². The van der Waals surface area contributed by atoms with Gasteiger partial charge in [-0.05, 0) is 52.7 Å². The molecule has 2 N–H and O–H groups in total. The lowest BCUT2D eigenvalue weighted by molar-refractivity contribution is 0.0695. The Hall–Kier alpha value is -1.17. The Kier molecular flexibility index (Phi) is 5.13. The minimum atomic E-state index is -0.863. The maximum absolute atomic E-state index is 11.1. The zero-order valence-electron chi connectivity index (χ0n) is 10.2. The number of carbonyl (C=O) groups is 1. The fourth-order valence-electron chi connectivity index (χ4n) is 1.83. The van der Waals surface area contributed by atoms with E-state index in [9.17, 15) is 4.79 Å². The lowest BCUT2D eigenvalue weighted by atomic mass is 10.0. The van der Waals surface area contributed by atoms with Crippen LogP contribution in [0.15, 0.2) is 40.2 Å². The predicted molar refractivity (Wildman–Crippen MR) is 80.8 cm³/mol. The molecule has 0 atom stereocenters. The second-order valence-electron chi connectivity index (χ2n) is 4.09. The van der Waals surface area contributed by atoms with Crippen LogP contribution < -0.4 is 5.32 Å². The molecule has 2 aromatic rings. The molecular weight excluding hydrogens is 326 g/mol. The van der Waals surface area contributed by atoms with Gasteiger partial charge in [-0.3, -0.25) is 0 Å². The van der Waals surface area contributed by atoms with E-state index in [0.29, 0.717) is 5.56 Å². The summed E-state index contributed by atoms with van der Waals surface area (Å²) in [6, 6.07) is 11.2. The average Bonchev–Trinajstić information content (AvgIpc) is 2.81. The first kappa shape index (κ1) is 14.2. The number of hydrogen-bond acceptors (Lipinski definition) is 3. The molecule has 2 rings (SSSR count). The van der Waals surface area contributed by atoms with Crippen molar-refractivity contribution < 1.29 is 9.90 Å². The molecule has 0 aliphatic rings. The van der Waals surface area contributed by atoms with Crippen molar-refractivity contribution in [2.24, 2.45) is 0 Å². The molecule has 0 saturated carbocycles. The molecule has 0 aliphatic heterocycles. The number of rotatable bonds is 6. The predicted octanol–water partition coefficient (Wildman–Crippen LogP) is 3.54. The van der Waals surface area contributed by atoms with E-state index < -0.39 is 5.97 Å². The van der Waals surface area contributed by atoms with E-state index in [4.69, 9.17) is 5.11 Å². The Morgan fingerprint density at radius 2 is 2.05 bits per heavy atom. The third-order valence-corrected chi connectivity index (χ3v) is 4.37. The van der Waals surface area contributed by atoms with E-state index in [-0.39, 0.29) is 0 Å². The van der Waals surface area contributed by atoms with Crippen LogP contribution in [0.1, 0.15) is 20.8 Å². The van der Waals surface area contributed by atoms with Gasteiger partial charge in [0.15, 0.2) is 0 Å². The van der Waals surface area contributed by atoms with Crippen molar-refractivity contribution in [3.8, 4) is 0 Å². The van der Waals surface area contributed by atoms with Crippen molar-refractivity contribution in [2.45, 2.75) is 13.0 Å². The first-order valence-corrected chi connectivity index (χ1v) is 7.54. The number of hydrogen-bond donors (Lipinski definition) is 2. The molecule has 1 heterocycles.